The maximum atomic E-state index is 12.6. The lowest BCUT2D eigenvalue weighted by molar-refractivity contribution is -0.116. The van der Waals surface area contributed by atoms with Crippen molar-refractivity contribution in [3.05, 3.63) is 65.9 Å². The molecular formula is C22H21N5O2. The summed E-state index contributed by atoms with van der Waals surface area (Å²) < 4.78 is 3.32. The van der Waals surface area contributed by atoms with Crippen LogP contribution in [0.25, 0.3) is 22.2 Å². The van der Waals surface area contributed by atoms with Crippen molar-refractivity contribution < 1.29 is 9.59 Å². The molecule has 1 amide bonds. The predicted molar refractivity (Wildman–Crippen MR) is 112 cm³/mol. The molecule has 4 rings (SSSR count). The van der Waals surface area contributed by atoms with Crippen LogP contribution in [0.4, 0.5) is 5.82 Å². The number of ketones is 1. The van der Waals surface area contributed by atoms with Gasteiger partial charge in [-0.1, -0.05) is 36.4 Å². The fraction of sp³-hybridized carbons (Fsp3) is 0.182. The van der Waals surface area contributed by atoms with Gasteiger partial charge in [0.1, 0.15) is 18.1 Å². The van der Waals surface area contributed by atoms with Gasteiger partial charge in [0.05, 0.1) is 11.2 Å². The summed E-state index contributed by atoms with van der Waals surface area (Å²) in [5.41, 5.74) is 3.90. The number of fused-ring (bicyclic) bond motifs is 1. The van der Waals surface area contributed by atoms with E-state index in [0.29, 0.717) is 11.4 Å². The normalized spacial score (nSPS) is 11.0. The monoisotopic (exact) mass is 387 g/mol. The zero-order valence-electron chi connectivity index (χ0n) is 16.5. The number of Topliss-reactive ketones (excluding diaryl/α,β-unsaturated/α-hetero) is 1. The molecule has 2 aromatic carbocycles. The number of benzene rings is 2. The minimum atomic E-state index is -0.190. The van der Waals surface area contributed by atoms with E-state index in [0.717, 1.165) is 27.9 Å². The average molecular weight is 387 g/mol. The number of carbonyl (C=O) groups excluding carboxylic acids is 2. The van der Waals surface area contributed by atoms with Crippen molar-refractivity contribution in [2.75, 3.05) is 5.32 Å². The van der Waals surface area contributed by atoms with Crippen molar-refractivity contribution >= 4 is 28.4 Å². The van der Waals surface area contributed by atoms with Crippen LogP contribution >= 0.6 is 0 Å². The third kappa shape index (κ3) is 3.67. The highest BCUT2D eigenvalue weighted by Gasteiger charge is 2.16. The minimum absolute atomic E-state index is 0.00133. The molecule has 0 spiro atoms. The van der Waals surface area contributed by atoms with Crippen LogP contribution in [0.2, 0.25) is 0 Å². The molecule has 0 unspecified atom stereocenters. The van der Waals surface area contributed by atoms with E-state index in [1.54, 1.807) is 29.4 Å². The topological polar surface area (TPSA) is 81.8 Å². The van der Waals surface area contributed by atoms with Gasteiger partial charge in [0.15, 0.2) is 5.78 Å². The molecule has 2 heterocycles. The maximum absolute atomic E-state index is 12.6. The summed E-state index contributed by atoms with van der Waals surface area (Å²) in [6.07, 6.45) is 0. The first-order valence-corrected chi connectivity index (χ1v) is 9.30. The van der Waals surface area contributed by atoms with Crippen LogP contribution < -0.4 is 5.32 Å². The summed E-state index contributed by atoms with van der Waals surface area (Å²) in [5, 5.41) is 12.7. The molecule has 0 saturated carbocycles. The third-order valence-corrected chi connectivity index (χ3v) is 4.76. The van der Waals surface area contributed by atoms with Crippen molar-refractivity contribution in [3.63, 3.8) is 0 Å². The molecule has 0 radical (unpaired) electrons. The van der Waals surface area contributed by atoms with Crippen molar-refractivity contribution in [1.29, 1.82) is 0 Å². The standard InChI is InChI=1S/C22H21N5O2/c1-14-11-20(26(3)24-14)23-21(29)13-27-19-10-5-4-9-18(19)22(25-27)17-8-6-7-16(12-17)15(2)28/h4-12H,13H2,1-3H3,(H,23,29). The van der Waals surface area contributed by atoms with E-state index in [-0.39, 0.29) is 18.2 Å². The Bertz CT molecular complexity index is 1240. The van der Waals surface area contributed by atoms with Crippen LogP contribution in [0.15, 0.2) is 54.6 Å². The van der Waals surface area contributed by atoms with E-state index in [9.17, 15) is 9.59 Å². The van der Waals surface area contributed by atoms with Crippen LogP contribution in [0, 0.1) is 6.92 Å². The highest BCUT2D eigenvalue weighted by molar-refractivity contribution is 5.98. The Kier molecular flexibility index (Phi) is 4.72. The van der Waals surface area contributed by atoms with Gasteiger partial charge in [0, 0.05) is 29.6 Å². The molecule has 29 heavy (non-hydrogen) atoms. The summed E-state index contributed by atoms with van der Waals surface area (Å²) in [7, 11) is 1.78. The van der Waals surface area contributed by atoms with E-state index in [1.807, 2.05) is 55.5 Å². The van der Waals surface area contributed by atoms with Crippen molar-refractivity contribution in [2.24, 2.45) is 7.05 Å². The summed E-state index contributed by atoms with van der Waals surface area (Å²) in [4.78, 5) is 24.4. The second-order valence-electron chi connectivity index (χ2n) is 7.00. The molecule has 0 bridgehead atoms. The Morgan fingerprint density at radius 3 is 2.55 bits per heavy atom. The largest absolute Gasteiger partial charge is 0.309 e. The summed E-state index contributed by atoms with van der Waals surface area (Å²) in [5.74, 6) is 0.449. The number of amides is 1. The predicted octanol–water partition coefficient (Wildman–Crippen LogP) is 3.59. The lowest BCUT2D eigenvalue weighted by atomic mass is 10.0. The van der Waals surface area contributed by atoms with Crippen molar-refractivity contribution in [3.8, 4) is 11.3 Å². The number of carbonyl (C=O) groups is 2. The zero-order chi connectivity index (χ0) is 20.5. The highest BCUT2D eigenvalue weighted by atomic mass is 16.2. The molecule has 0 saturated heterocycles. The average Bonchev–Trinajstić information content (AvgIpc) is 3.21. The quantitative estimate of drug-likeness (QED) is 0.531. The highest BCUT2D eigenvalue weighted by Crippen LogP contribution is 2.28. The number of aryl methyl sites for hydroxylation is 2. The second kappa shape index (κ2) is 7.35. The Balaban J connectivity index is 1.69. The molecule has 0 atom stereocenters. The van der Waals surface area contributed by atoms with Crippen molar-refractivity contribution in [1.82, 2.24) is 19.6 Å². The molecule has 4 aromatic rings. The van der Waals surface area contributed by atoms with Gasteiger partial charge in [-0.05, 0) is 26.0 Å². The summed E-state index contributed by atoms with van der Waals surface area (Å²) in [6.45, 7) is 3.48. The number of hydrogen-bond acceptors (Lipinski definition) is 4. The fourth-order valence-corrected chi connectivity index (χ4v) is 3.39. The third-order valence-electron chi connectivity index (χ3n) is 4.76. The first-order valence-electron chi connectivity index (χ1n) is 9.30. The first kappa shape index (κ1) is 18.6. The Morgan fingerprint density at radius 1 is 1.03 bits per heavy atom. The Morgan fingerprint density at radius 2 is 1.83 bits per heavy atom. The lowest BCUT2D eigenvalue weighted by Crippen LogP contribution is -2.21. The molecule has 7 heteroatoms. The smallest absolute Gasteiger partial charge is 0.247 e. The summed E-state index contributed by atoms with van der Waals surface area (Å²) in [6, 6.07) is 17.0. The van der Waals surface area contributed by atoms with Gasteiger partial charge in [0.25, 0.3) is 0 Å². The van der Waals surface area contributed by atoms with Crippen LogP contribution in [0.5, 0.6) is 0 Å². The molecule has 7 nitrogen and oxygen atoms in total. The number of rotatable bonds is 5. The molecule has 146 valence electrons. The number of aromatic nitrogens is 4. The minimum Gasteiger partial charge on any atom is -0.309 e. The SMILES string of the molecule is CC(=O)c1cccc(-c2nn(CC(=O)Nc3cc(C)nn3C)c3ccccc23)c1. The Labute approximate surface area is 168 Å². The molecule has 2 aromatic heterocycles. The zero-order valence-corrected chi connectivity index (χ0v) is 16.5. The molecule has 1 N–H and O–H groups in total. The Hall–Kier alpha value is -3.74. The van der Waals surface area contributed by atoms with Gasteiger partial charge in [0.2, 0.25) is 5.91 Å². The van der Waals surface area contributed by atoms with E-state index in [2.05, 4.69) is 10.4 Å². The van der Waals surface area contributed by atoms with Gasteiger partial charge in [-0.2, -0.15) is 10.2 Å². The van der Waals surface area contributed by atoms with E-state index < -0.39 is 0 Å². The molecular weight excluding hydrogens is 366 g/mol. The number of para-hydroxylation sites is 1. The molecule has 0 aliphatic rings. The van der Waals surface area contributed by atoms with Crippen molar-refractivity contribution in [2.45, 2.75) is 20.4 Å². The maximum Gasteiger partial charge on any atom is 0.247 e. The van der Waals surface area contributed by atoms with E-state index in [4.69, 9.17) is 5.10 Å². The van der Waals surface area contributed by atoms with E-state index in [1.165, 1.54) is 0 Å². The van der Waals surface area contributed by atoms with Gasteiger partial charge in [-0.25, -0.2) is 0 Å². The molecule has 0 fully saturated rings. The van der Waals surface area contributed by atoms with Gasteiger partial charge >= 0.3 is 0 Å². The van der Waals surface area contributed by atoms with Crippen LogP contribution in [-0.2, 0) is 18.4 Å². The van der Waals surface area contributed by atoms with Gasteiger partial charge in [-0.3, -0.25) is 19.0 Å². The van der Waals surface area contributed by atoms with Crippen LogP contribution in [0.3, 0.4) is 0 Å². The number of nitrogens with one attached hydrogen (secondary N) is 1. The number of nitrogens with zero attached hydrogens (tertiary/aromatic N) is 4. The van der Waals surface area contributed by atoms with Crippen LogP contribution in [-0.4, -0.2) is 31.3 Å². The van der Waals surface area contributed by atoms with Gasteiger partial charge in [-0.15, -0.1) is 0 Å². The lowest BCUT2D eigenvalue weighted by Gasteiger charge is -2.06. The molecule has 0 aliphatic carbocycles. The second-order valence-corrected chi connectivity index (χ2v) is 7.00. The number of anilines is 1. The van der Waals surface area contributed by atoms with E-state index >= 15 is 0 Å². The number of hydrogen-bond donors (Lipinski definition) is 1. The fourth-order valence-electron chi connectivity index (χ4n) is 3.39. The summed E-state index contributed by atoms with van der Waals surface area (Å²) >= 11 is 0. The van der Waals surface area contributed by atoms with Gasteiger partial charge < -0.3 is 5.32 Å². The first-order chi connectivity index (χ1) is 13.9. The molecule has 0 aliphatic heterocycles. The van der Waals surface area contributed by atoms with Crippen LogP contribution in [0.1, 0.15) is 23.0 Å².